The number of benzene rings is 1. The van der Waals surface area contributed by atoms with E-state index in [4.69, 9.17) is 10.5 Å². The Morgan fingerprint density at radius 1 is 1.27 bits per heavy atom. The molecule has 0 spiro atoms. The third kappa shape index (κ3) is 5.85. The number of amides is 1. The minimum atomic E-state index is 0. The van der Waals surface area contributed by atoms with Gasteiger partial charge in [-0.2, -0.15) is 0 Å². The summed E-state index contributed by atoms with van der Waals surface area (Å²) in [4.78, 5) is 14.4. The number of hydrogen-bond donors (Lipinski definition) is 1. The Morgan fingerprint density at radius 3 is 2.68 bits per heavy atom. The van der Waals surface area contributed by atoms with Crippen molar-refractivity contribution in [3.8, 4) is 0 Å². The first-order valence-corrected chi connectivity index (χ1v) is 7.93. The lowest BCUT2D eigenvalue weighted by Crippen LogP contribution is -2.33. The Balaban J connectivity index is 0.00000242. The lowest BCUT2D eigenvalue weighted by molar-refractivity contribution is -0.130. The second-order valence-corrected chi connectivity index (χ2v) is 5.72. The van der Waals surface area contributed by atoms with Gasteiger partial charge in [-0.05, 0) is 43.4 Å². The monoisotopic (exact) mass is 326 g/mol. The molecule has 1 aliphatic heterocycles. The molecule has 0 aliphatic carbocycles. The number of ether oxygens (including phenoxy) is 1. The van der Waals surface area contributed by atoms with Gasteiger partial charge in [0.05, 0.1) is 12.5 Å². The summed E-state index contributed by atoms with van der Waals surface area (Å²) in [7, 11) is 0. The molecular formula is C17H27ClN2O2. The van der Waals surface area contributed by atoms with Gasteiger partial charge < -0.3 is 15.4 Å². The molecule has 1 fully saturated rings. The van der Waals surface area contributed by atoms with Crippen LogP contribution in [0.2, 0.25) is 0 Å². The summed E-state index contributed by atoms with van der Waals surface area (Å²) in [6.07, 6.45) is 4.87. The standard InChI is InChI=1S/C17H26N2O2.ClH/c1-2-12-21-16-4-3-10-19(11-9-16)17(20)13-14-5-7-15(18)8-6-14;/h5-8,16H,2-4,9-13,18H2,1H3;1H. The normalized spacial score (nSPS) is 18.4. The van der Waals surface area contributed by atoms with E-state index in [1.54, 1.807) is 0 Å². The molecule has 2 rings (SSSR count). The lowest BCUT2D eigenvalue weighted by Gasteiger charge is -2.21. The molecule has 1 saturated heterocycles. The first-order chi connectivity index (χ1) is 10.2. The minimum absolute atomic E-state index is 0. The van der Waals surface area contributed by atoms with Crippen molar-refractivity contribution in [2.45, 2.75) is 45.1 Å². The fourth-order valence-corrected chi connectivity index (χ4v) is 2.69. The number of likely N-dealkylation sites (tertiary alicyclic amines) is 1. The number of carbonyl (C=O) groups excluding carboxylic acids is 1. The Bertz CT molecular complexity index is 450. The molecule has 2 N–H and O–H groups in total. The highest BCUT2D eigenvalue weighted by Gasteiger charge is 2.20. The highest BCUT2D eigenvalue weighted by Crippen LogP contribution is 2.16. The van der Waals surface area contributed by atoms with Crippen molar-refractivity contribution in [2.24, 2.45) is 0 Å². The van der Waals surface area contributed by atoms with Gasteiger partial charge in [-0.3, -0.25) is 4.79 Å². The molecule has 124 valence electrons. The first kappa shape index (κ1) is 18.8. The van der Waals surface area contributed by atoms with Gasteiger partial charge in [-0.1, -0.05) is 19.1 Å². The number of rotatable bonds is 5. The van der Waals surface area contributed by atoms with E-state index in [2.05, 4.69) is 6.92 Å². The maximum Gasteiger partial charge on any atom is 0.226 e. The molecule has 0 bridgehead atoms. The van der Waals surface area contributed by atoms with Crippen LogP contribution >= 0.6 is 12.4 Å². The minimum Gasteiger partial charge on any atom is -0.399 e. The van der Waals surface area contributed by atoms with Gasteiger partial charge in [0.2, 0.25) is 5.91 Å². The van der Waals surface area contributed by atoms with Crippen molar-refractivity contribution in [1.82, 2.24) is 4.90 Å². The second-order valence-electron chi connectivity index (χ2n) is 5.72. The molecule has 0 radical (unpaired) electrons. The van der Waals surface area contributed by atoms with Gasteiger partial charge in [0.1, 0.15) is 0 Å². The van der Waals surface area contributed by atoms with Crippen LogP contribution in [0, 0.1) is 0 Å². The summed E-state index contributed by atoms with van der Waals surface area (Å²) in [5.41, 5.74) is 7.43. The predicted octanol–water partition coefficient (Wildman–Crippen LogP) is 3.04. The molecule has 1 aromatic rings. The second kappa shape index (κ2) is 9.70. The van der Waals surface area contributed by atoms with E-state index in [-0.39, 0.29) is 18.3 Å². The van der Waals surface area contributed by atoms with E-state index in [0.29, 0.717) is 12.5 Å². The van der Waals surface area contributed by atoms with E-state index in [1.807, 2.05) is 29.2 Å². The van der Waals surface area contributed by atoms with Crippen LogP contribution in [0.15, 0.2) is 24.3 Å². The van der Waals surface area contributed by atoms with Crippen molar-refractivity contribution in [3.63, 3.8) is 0 Å². The molecule has 1 heterocycles. The zero-order valence-corrected chi connectivity index (χ0v) is 14.1. The average Bonchev–Trinajstić information content (AvgIpc) is 2.73. The van der Waals surface area contributed by atoms with Crippen molar-refractivity contribution in [2.75, 3.05) is 25.4 Å². The average molecular weight is 327 g/mol. The van der Waals surface area contributed by atoms with E-state index < -0.39 is 0 Å². The molecule has 0 saturated carbocycles. The smallest absolute Gasteiger partial charge is 0.226 e. The number of hydrogen-bond acceptors (Lipinski definition) is 3. The fourth-order valence-electron chi connectivity index (χ4n) is 2.69. The molecule has 0 aromatic heterocycles. The number of nitrogens with zero attached hydrogens (tertiary/aromatic N) is 1. The zero-order valence-electron chi connectivity index (χ0n) is 13.3. The lowest BCUT2D eigenvalue weighted by atomic mass is 10.1. The topological polar surface area (TPSA) is 55.6 Å². The van der Waals surface area contributed by atoms with Gasteiger partial charge in [-0.25, -0.2) is 0 Å². The highest BCUT2D eigenvalue weighted by atomic mass is 35.5. The van der Waals surface area contributed by atoms with Crippen LogP contribution in [-0.4, -0.2) is 36.6 Å². The summed E-state index contributed by atoms with van der Waals surface area (Å²) >= 11 is 0. The quantitative estimate of drug-likeness (QED) is 0.846. The number of nitrogen functional groups attached to an aromatic ring is 1. The van der Waals surface area contributed by atoms with Gasteiger partial charge >= 0.3 is 0 Å². The maximum absolute atomic E-state index is 12.4. The van der Waals surface area contributed by atoms with E-state index in [1.165, 1.54) is 0 Å². The van der Waals surface area contributed by atoms with Gasteiger partial charge in [0.15, 0.2) is 0 Å². The Morgan fingerprint density at radius 2 is 2.00 bits per heavy atom. The Kier molecular flexibility index (Phi) is 8.28. The van der Waals surface area contributed by atoms with E-state index >= 15 is 0 Å². The van der Waals surface area contributed by atoms with E-state index in [0.717, 1.165) is 56.6 Å². The third-order valence-corrected chi connectivity index (χ3v) is 3.92. The van der Waals surface area contributed by atoms with Gasteiger partial charge in [0.25, 0.3) is 0 Å². The summed E-state index contributed by atoms with van der Waals surface area (Å²) in [6, 6.07) is 7.55. The molecule has 4 nitrogen and oxygen atoms in total. The van der Waals surface area contributed by atoms with Crippen LogP contribution in [0.25, 0.3) is 0 Å². The largest absolute Gasteiger partial charge is 0.399 e. The van der Waals surface area contributed by atoms with E-state index in [9.17, 15) is 4.79 Å². The van der Waals surface area contributed by atoms with Crippen molar-refractivity contribution in [1.29, 1.82) is 0 Å². The van der Waals surface area contributed by atoms with Crippen LogP contribution in [0.1, 0.15) is 38.2 Å². The number of halogens is 1. The third-order valence-electron chi connectivity index (χ3n) is 3.92. The molecular weight excluding hydrogens is 300 g/mol. The summed E-state index contributed by atoms with van der Waals surface area (Å²) in [6.45, 7) is 4.60. The summed E-state index contributed by atoms with van der Waals surface area (Å²) in [5.74, 6) is 0.205. The van der Waals surface area contributed by atoms with Crippen molar-refractivity contribution < 1.29 is 9.53 Å². The van der Waals surface area contributed by atoms with Crippen LogP contribution < -0.4 is 5.73 Å². The van der Waals surface area contributed by atoms with Crippen LogP contribution in [0.3, 0.4) is 0 Å². The van der Waals surface area contributed by atoms with Crippen LogP contribution in [0.5, 0.6) is 0 Å². The van der Waals surface area contributed by atoms with Crippen molar-refractivity contribution in [3.05, 3.63) is 29.8 Å². The van der Waals surface area contributed by atoms with Gasteiger partial charge in [-0.15, -0.1) is 12.4 Å². The first-order valence-electron chi connectivity index (χ1n) is 7.93. The number of carbonyl (C=O) groups is 1. The maximum atomic E-state index is 12.4. The summed E-state index contributed by atoms with van der Waals surface area (Å²) < 4.78 is 5.82. The predicted molar refractivity (Wildman–Crippen MR) is 92.3 cm³/mol. The molecule has 1 atom stereocenters. The van der Waals surface area contributed by atoms with Crippen LogP contribution in [0.4, 0.5) is 5.69 Å². The molecule has 1 aliphatic rings. The van der Waals surface area contributed by atoms with Gasteiger partial charge in [0, 0.05) is 25.4 Å². The zero-order chi connectivity index (χ0) is 15.1. The van der Waals surface area contributed by atoms with Crippen LogP contribution in [-0.2, 0) is 16.0 Å². The summed E-state index contributed by atoms with van der Waals surface area (Å²) in [5, 5.41) is 0. The number of nitrogens with two attached hydrogens (primary N) is 1. The Labute approximate surface area is 139 Å². The Hall–Kier alpha value is -1.26. The fraction of sp³-hybridized carbons (Fsp3) is 0.588. The molecule has 22 heavy (non-hydrogen) atoms. The SMILES string of the molecule is CCCOC1CCCN(C(=O)Cc2ccc(N)cc2)CC1.Cl. The van der Waals surface area contributed by atoms with Crippen molar-refractivity contribution >= 4 is 24.0 Å². The molecule has 5 heteroatoms. The molecule has 1 unspecified atom stereocenters. The molecule has 1 amide bonds. The molecule has 1 aromatic carbocycles. The highest BCUT2D eigenvalue weighted by molar-refractivity contribution is 5.85. The number of anilines is 1.